The molecule has 0 amide bonds. The molecule has 2 N–H and O–H groups in total. The maximum atomic E-state index is 5.43. The van der Waals surface area contributed by atoms with Gasteiger partial charge in [-0.2, -0.15) is 0 Å². The van der Waals surface area contributed by atoms with Crippen LogP contribution in [0.25, 0.3) is 0 Å². The van der Waals surface area contributed by atoms with Gasteiger partial charge in [-0.15, -0.1) is 0 Å². The van der Waals surface area contributed by atoms with E-state index in [2.05, 4.69) is 10.6 Å². The van der Waals surface area contributed by atoms with Crippen LogP contribution in [0, 0.1) is 0 Å². The lowest BCUT2D eigenvalue weighted by molar-refractivity contribution is 0.324. The van der Waals surface area contributed by atoms with Gasteiger partial charge in [0.1, 0.15) is 5.75 Å². The van der Waals surface area contributed by atoms with Crippen molar-refractivity contribution < 1.29 is 18.9 Å². The minimum Gasteiger partial charge on any atom is -0.497 e. The van der Waals surface area contributed by atoms with Gasteiger partial charge in [-0.3, -0.25) is 0 Å². The van der Waals surface area contributed by atoms with E-state index < -0.39 is 0 Å². The van der Waals surface area contributed by atoms with Gasteiger partial charge in [0.15, 0.2) is 11.5 Å². The van der Waals surface area contributed by atoms with E-state index in [1.807, 2.05) is 60.7 Å². The first kappa shape index (κ1) is 19.2. The second kappa shape index (κ2) is 8.90. The number of nitrogens with one attached hydrogen (secondary N) is 2. The minimum absolute atomic E-state index is 0.556. The summed E-state index contributed by atoms with van der Waals surface area (Å²) in [5.41, 5.74) is 3.62. The molecule has 6 nitrogen and oxygen atoms in total. The Hall–Kier alpha value is -3.54. The van der Waals surface area contributed by atoms with Gasteiger partial charge in [0.2, 0.25) is 5.75 Å². The number of anilines is 4. The van der Waals surface area contributed by atoms with Gasteiger partial charge < -0.3 is 29.6 Å². The molecule has 146 valence electrons. The van der Waals surface area contributed by atoms with E-state index >= 15 is 0 Å². The van der Waals surface area contributed by atoms with Crippen LogP contribution >= 0.6 is 0 Å². The zero-order valence-corrected chi connectivity index (χ0v) is 16.4. The molecular formula is C22H24N2O4. The molecule has 0 atom stereocenters. The van der Waals surface area contributed by atoms with E-state index in [1.54, 1.807) is 28.4 Å². The molecule has 0 heterocycles. The van der Waals surface area contributed by atoms with E-state index in [1.165, 1.54) is 0 Å². The number of rotatable bonds is 8. The fourth-order valence-electron chi connectivity index (χ4n) is 2.84. The fourth-order valence-corrected chi connectivity index (χ4v) is 2.84. The molecule has 0 saturated carbocycles. The summed E-state index contributed by atoms with van der Waals surface area (Å²) in [6, 6.07) is 19.4. The van der Waals surface area contributed by atoms with Crippen molar-refractivity contribution in [1.82, 2.24) is 0 Å². The van der Waals surface area contributed by atoms with Crippen LogP contribution in [0.3, 0.4) is 0 Å². The van der Waals surface area contributed by atoms with Crippen molar-refractivity contribution in [3.05, 3.63) is 60.7 Å². The predicted octanol–water partition coefficient (Wildman–Crippen LogP) is 5.21. The van der Waals surface area contributed by atoms with Crippen LogP contribution in [0.4, 0.5) is 22.7 Å². The summed E-state index contributed by atoms with van der Waals surface area (Å²) in [7, 11) is 6.43. The molecule has 0 radical (unpaired) electrons. The Balaban J connectivity index is 1.89. The van der Waals surface area contributed by atoms with Crippen molar-refractivity contribution in [2.45, 2.75) is 0 Å². The summed E-state index contributed by atoms with van der Waals surface area (Å²) in [6.07, 6.45) is 0. The highest BCUT2D eigenvalue weighted by atomic mass is 16.5. The maximum Gasteiger partial charge on any atom is 0.203 e. The van der Waals surface area contributed by atoms with Crippen LogP contribution in [0.15, 0.2) is 60.7 Å². The van der Waals surface area contributed by atoms with Crippen molar-refractivity contribution in [2.75, 3.05) is 39.1 Å². The quantitative estimate of drug-likeness (QED) is 0.559. The summed E-state index contributed by atoms with van der Waals surface area (Å²) in [4.78, 5) is 0. The van der Waals surface area contributed by atoms with Crippen LogP contribution < -0.4 is 29.6 Å². The molecular weight excluding hydrogens is 356 g/mol. The monoisotopic (exact) mass is 380 g/mol. The molecule has 3 aromatic carbocycles. The molecule has 0 spiro atoms. The molecule has 3 aromatic rings. The average molecular weight is 380 g/mol. The van der Waals surface area contributed by atoms with Gasteiger partial charge in [0.05, 0.1) is 39.8 Å². The lowest BCUT2D eigenvalue weighted by Crippen LogP contribution is -2.00. The van der Waals surface area contributed by atoms with Gasteiger partial charge in [-0.25, -0.2) is 0 Å². The zero-order valence-electron chi connectivity index (χ0n) is 16.4. The van der Waals surface area contributed by atoms with E-state index in [4.69, 9.17) is 18.9 Å². The van der Waals surface area contributed by atoms with Crippen molar-refractivity contribution >= 4 is 22.7 Å². The third-order valence-corrected chi connectivity index (χ3v) is 4.24. The molecule has 0 bridgehead atoms. The highest BCUT2D eigenvalue weighted by Gasteiger charge is 2.14. The van der Waals surface area contributed by atoms with E-state index in [-0.39, 0.29) is 0 Å². The summed E-state index contributed by atoms with van der Waals surface area (Å²) < 4.78 is 21.5. The average Bonchev–Trinajstić information content (AvgIpc) is 2.74. The Morgan fingerprint density at radius 1 is 0.571 bits per heavy atom. The van der Waals surface area contributed by atoms with Crippen molar-refractivity contribution in [3.8, 4) is 23.0 Å². The van der Waals surface area contributed by atoms with Gasteiger partial charge in [-0.05, 0) is 36.4 Å². The Kier molecular flexibility index (Phi) is 6.11. The van der Waals surface area contributed by atoms with E-state index in [0.29, 0.717) is 17.2 Å². The smallest absolute Gasteiger partial charge is 0.203 e. The molecule has 3 rings (SSSR count). The number of ether oxygens (including phenoxy) is 4. The molecule has 0 unspecified atom stereocenters. The predicted molar refractivity (Wildman–Crippen MR) is 112 cm³/mol. The topological polar surface area (TPSA) is 61.0 Å². The van der Waals surface area contributed by atoms with Gasteiger partial charge in [-0.1, -0.05) is 12.1 Å². The normalized spacial score (nSPS) is 10.1. The third kappa shape index (κ3) is 4.23. The van der Waals surface area contributed by atoms with Crippen molar-refractivity contribution in [1.29, 1.82) is 0 Å². The number of methoxy groups -OCH3 is 4. The first-order chi connectivity index (χ1) is 13.7. The maximum absolute atomic E-state index is 5.43. The molecule has 0 aliphatic heterocycles. The first-order valence-electron chi connectivity index (χ1n) is 8.75. The van der Waals surface area contributed by atoms with E-state index in [9.17, 15) is 0 Å². The summed E-state index contributed by atoms with van der Waals surface area (Å²) >= 11 is 0. The molecule has 28 heavy (non-hydrogen) atoms. The van der Waals surface area contributed by atoms with Gasteiger partial charge in [0, 0.05) is 23.5 Å². The lowest BCUT2D eigenvalue weighted by atomic mass is 10.2. The van der Waals surface area contributed by atoms with Crippen LogP contribution in [0.1, 0.15) is 0 Å². The first-order valence-corrected chi connectivity index (χ1v) is 8.75. The molecule has 0 aliphatic carbocycles. The van der Waals surface area contributed by atoms with Crippen LogP contribution in [0.2, 0.25) is 0 Å². The van der Waals surface area contributed by atoms with Gasteiger partial charge in [0.25, 0.3) is 0 Å². The van der Waals surface area contributed by atoms with Gasteiger partial charge >= 0.3 is 0 Å². The van der Waals surface area contributed by atoms with Crippen LogP contribution in [-0.2, 0) is 0 Å². The number of para-hydroxylation sites is 2. The molecule has 0 fully saturated rings. The summed E-state index contributed by atoms with van der Waals surface area (Å²) in [5, 5.41) is 6.83. The molecule has 6 heteroatoms. The number of hydrogen-bond acceptors (Lipinski definition) is 6. The zero-order chi connectivity index (χ0) is 19.9. The molecule has 0 aliphatic rings. The Morgan fingerprint density at radius 2 is 1.11 bits per heavy atom. The summed E-state index contributed by atoms with van der Waals surface area (Å²) in [5.74, 6) is 2.55. The van der Waals surface area contributed by atoms with E-state index in [0.717, 1.165) is 28.5 Å². The fraction of sp³-hybridized carbons (Fsp3) is 0.182. The van der Waals surface area contributed by atoms with Crippen molar-refractivity contribution in [2.24, 2.45) is 0 Å². The largest absolute Gasteiger partial charge is 0.497 e. The highest BCUT2D eigenvalue weighted by molar-refractivity contribution is 5.79. The SMILES string of the molecule is COc1ccc(Nc2ccccc2Nc2cc(OC)c(OC)c(OC)c2)cc1. The number of hydrogen-bond donors (Lipinski definition) is 2. The lowest BCUT2D eigenvalue weighted by Gasteiger charge is -2.17. The number of benzene rings is 3. The minimum atomic E-state index is 0.556. The molecule has 0 aromatic heterocycles. The van der Waals surface area contributed by atoms with Crippen LogP contribution in [-0.4, -0.2) is 28.4 Å². The Labute approximate surface area is 165 Å². The summed E-state index contributed by atoms with van der Waals surface area (Å²) in [6.45, 7) is 0. The molecule has 0 saturated heterocycles. The van der Waals surface area contributed by atoms with Crippen molar-refractivity contribution in [3.63, 3.8) is 0 Å². The standard InChI is InChI=1S/C22H24N2O4/c1-25-17-11-9-15(10-12-17)23-18-7-5-6-8-19(18)24-16-13-20(26-2)22(28-4)21(14-16)27-3/h5-14,23-24H,1-4H3. The van der Waals surface area contributed by atoms with Crippen LogP contribution in [0.5, 0.6) is 23.0 Å². The second-order valence-corrected chi connectivity index (χ2v) is 5.94. The highest BCUT2D eigenvalue weighted by Crippen LogP contribution is 2.41. The third-order valence-electron chi connectivity index (χ3n) is 4.24. The second-order valence-electron chi connectivity index (χ2n) is 5.94. The Morgan fingerprint density at radius 3 is 1.57 bits per heavy atom. The Bertz CT molecular complexity index is 901.